The Morgan fingerprint density at radius 2 is 2.04 bits per heavy atom. The molecule has 0 N–H and O–H groups in total. The van der Waals surface area contributed by atoms with E-state index in [-0.39, 0.29) is 5.91 Å². The quantitative estimate of drug-likeness (QED) is 0.700. The summed E-state index contributed by atoms with van der Waals surface area (Å²) >= 11 is 0. The molecule has 0 aliphatic heterocycles. The summed E-state index contributed by atoms with van der Waals surface area (Å²) in [4.78, 5) is 14.3. The smallest absolute Gasteiger partial charge is 0.253 e. The molecular weight excluding hydrogens is 302 g/mol. The van der Waals surface area contributed by atoms with Crippen molar-refractivity contribution < 1.29 is 4.79 Å². The van der Waals surface area contributed by atoms with E-state index in [4.69, 9.17) is 0 Å². The SMILES string of the molecule is CCn1ccc(CN(C)C(=O)c2cccc(Cn3cccn3)c2)n1. The topological polar surface area (TPSA) is 56.0 Å². The lowest BCUT2D eigenvalue weighted by Gasteiger charge is -2.16. The van der Waals surface area contributed by atoms with Gasteiger partial charge in [0.1, 0.15) is 0 Å². The van der Waals surface area contributed by atoms with Gasteiger partial charge in [-0.05, 0) is 36.8 Å². The van der Waals surface area contributed by atoms with Crippen molar-refractivity contribution >= 4 is 5.91 Å². The van der Waals surface area contributed by atoms with E-state index in [2.05, 4.69) is 10.2 Å². The lowest BCUT2D eigenvalue weighted by molar-refractivity contribution is 0.0783. The predicted molar refractivity (Wildman–Crippen MR) is 91.5 cm³/mol. The van der Waals surface area contributed by atoms with Crippen LogP contribution in [0.25, 0.3) is 0 Å². The van der Waals surface area contributed by atoms with Gasteiger partial charge in [-0.1, -0.05) is 12.1 Å². The summed E-state index contributed by atoms with van der Waals surface area (Å²) in [5, 5.41) is 8.62. The molecule has 6 nitrogen and oxygen atoms in total. The summed E-state index contributed by atoms with van der Waals surface area (Å²) in [5.41, 5.74) is 2.62. The molecule has 0 radical (unpaired) electrons. The minimum Gasteiger partial charge on any atom is -0.336 e. The molecule has 0 atom stereocenters. The highest BCUT2D eigenvalue weighted by Crippen LogP contribution is 2.11. The Labute approximate surface area is 141 Å². The zero-order valence-electron chi connectivity index (χ0n) is 14.0. The molecule has 0 aliphatic rings. The van der Waals surface area contributed by atoms with E-state index in [1.165, 1.54) is 0 Å². The molecule has 0 saturated carbocycles. The Kier molecular flexibility index (Phi) is 4.74. The monoisotopic (exact) mass is 323 g/mol. The molecule has 1 aromatic carbocycles. The van der Waals surface area contributed by atoms with E-state index < -0.39 is 0 Å². The third-order valence-electron chi connectivity index (χ3n) is 3.84. The summed E-state index contributed by atoms with van der Waals surface area (Å²) in [6, 6.07) is 11.5. The van der Waals surface area contributed by atoms with Crippen LogP contribution in [0.1, 0.15) is 28.5 Å². The lowest BCUT2D eigenvalue weighted by Crippen LogP contribution is -2.26. The Morgan fingerprint density at radius 1 is 1.17 bits per heavy atom. The Morgan fingerprint density at radius 3 is 2.75 bits per heavy atom. The standard InChI is InChI=1S/C18H21N5O/c1-3-22-11-8-17(20-22)14-21(2)18(24)16-7-4-6-15(12-16)13-23-10-5-9-19-23/h4-12H,3,13-14H2,1-2H3. The fraction of sp³-hybridized carbons (Fsp3) is 0.278. The first kappa shape index (κ1) is 16.0. The number of hydrogen-bond acceptors (Lipinski definition) is 3. The number of rotatable bonds is 6. The van der Waals surface area contributed by atoms with Crippen LogP contribution in [0.5, 0.6) is 0 Å². The fourth-order valence-electron chi connectivity index (χ4n) is 2.58. The van der Waals surface area contributed by atoms with Crippen molar-refractivity contribution in [2.75, 3.05) is 7.05 Å². The van der Waals surface area contributed by atoms with Crippen molar-refractivity contribution in [2.24, 2.45) is 0 Å². The number of nitrogens with zero attached hydrogens (tertiary/aromatic N) is 5. The molecule has 124 valence electrons. The zero-order chi connectivity index (χ0) is 16.9. The van der Waals surface area contributed by atoms with Crippen molar-refractivity contribution in [3.63, 3.8) is 0 Å². The van der Waals surface area contributed by atoms with E-state index in [1.807, 2.05) is 65.1 Å². The number of hydrogen-bond donors (Lipinski definition) is 0. The Balaban J connectivity index is 1.69. The lowest BCUT2D eigenvalue weighted by atomic mass is 10.1. The minimum atomic E-state index is -0.0108. The summed E-state index contributed by atoms with van der Waals surface area (Å²) in [6.07, 6.45) is 5.58. The molecule has 0 unspecified atom stereocenters. The second-order valence-electron chi connectivity index (χ2n) is 5.73. The Hall–Kier alpha value is -2.89. The second-order valence-corrected chi connectivity index (χ2v) is 5.73. The third kappa shape index (κ3) is 3.71. The number of carbonyl (C=O) groups excluding carboxylic acids is 1. The van der Waals surface area contributed by atoms with Gasteiger partial charge in [0.2, 0.25) is 0 Å². The van der Waals surface area contributed by atoms with Crippen LogP contribution in [0.3, 0.4) is 0 Å². The van der Waals surface area contributed by atoms with Gasteiger partial charge in [0.05, 0.1) is 18.8 Å². The van der Waals surface area contributed by atoms with Crippen LogP contribution in [0.4, 0.5) is 0 Å². The van der Waals surface area contributed by atoms with Gasteiger partial charge in [-0.2, -0.15) is 10.2 Å². The van der Waals surface area contributed by atoms with Crippen LogP contribution in [-0.4, -0.2) is 37.4 Å². The first-order valence-electron chi connectivity index (χ1n) is 8.00. The molecule has 0 bridgehead atoms. The summed E-state index contributed by atoms with van der Waals surface area (Å²) in [6.45, 7) is 4.01. The van der Waals surface area contributed by atoms with Gasteiger partial charge in [-0.25, -0.2) is 0 Å². The molecule has 2 aromatic heterocycles. The summed E-state index contributed by atoms with van der Waals surface area (Å²) in [7, 11) is 1.80. The van der Waals surface area contributed by atoms with E-state index in [9.17, 15) is 4.79 Å². The molecule has 3 aromatic rings. The van der Waals surface area contributed by atoms with Crippen molar-refractivity contribution in [2.45, 2.75) is 26.6 Å². The molecule has 1 amide bonds. The second kappa shape index (κ2) is 7.12. The highest BCUT2D eigenvalue weighted by molar-refractivity contribution is 5.94. The molecule has 3 rings (SSSR count). The van der Waals surface area contributed by atoms with Gasteiger partial charge >= 0.3 is 0 Å². The molecule has 6 heteroatoms. The molecule has 0 fully saturated rings. The van der Waals surface area contributed by atoms with Gasteiger partial charge < -0.3 is 4.90 Å². The number of amides is 1. The van der Waals surface area contributed by atoms with Crippen LogP contribution in [0.15, 0.2) is 55.0 Å². The number of aromatic nitrogens is 4. The van der Waals surface area contributed by atoms with Gasteiger partial charge in [-0.3, -0.25) is 14.2 Å². The predicted octanol–water partition coefficient (Wildman–Crippen LogP) is 2.42. The zero-order valence-corrected chi connectivity index (χ0v) is 14.0. The average molecular weight is 323 g/mol. The first-order chi connectivity index (χ1) is 11.7. The van der Waals surface area contributed by atoms with Crippen molar-refractivity contribution in [1.29, 1.82) is 0 Å². The molecule has 0 aliphatic carbocycles. The van der Waals surface area contributed by atoms with Gasteiger partial charge in [0.25, 0.3) is 5.91 Å². The van der Waals surface area contributed by atoms with E-state index in [1.54, 1.807) is 18.1 Å². The summed E-state index contributed by atoms with van der Waals surface area (Å²) < 4.78 is 3.70. The fourth-order valence-corrected chi connectivity index (χ4v) is 2.58. The maximum Gasteiger partial charge on any atom is 0.253 e. The van der Waals surface area contributed by atoms with Crippen LogP contribution >= 0.6 is 0 Å². The molecule has 0 saturated heterocycles. The van der Waals surface area contributed by atoms with E-state index in [0.29, 0.717) is 18.7 Å². The Bertz CT molecular complexity index is 806. The first-order valence-corrected chi connectivity index (χ1v) is 8.00. The van der Waals surface area contributed by atoms with Gasteiger partial charge in [0.15, 0.2) is 0 Å². The van der Waals surface area contributed by atoms with Crippen LogP contribution in [-0.2, 0) is 19.6 Å². The van der Waals surface area contributed by atoms with Gasteiger partial charge in [0, 0.05) is 37.7 Å². The minimum absolute atomic E-state index is 0.0108. The number of aryl methyl sites for hydroxylation is 1. The van der Waals surface area contributed by atoms with Crippen molar-refractivity contribution in [3.05, 3.63) is 71.8 Å². The molecule has 24 heavy (non-hydrogen) atoms. The van der Waals surface area contributed by atoms with Gasteiger partial charge in [-0.15, -0.1) is 0 Å². The van der Waals surface area contributed by atoms with Crippen LogP contribution in [0, 0.1) is 0 Å². The third-order valence-corrected chi connectivity index (χ3v) is 3.84. The van der Waals surface area contributed by atoms with E-state index >= 15 is 0 Å². The van der Waals surface area contributed by atoms with Crippen molar-refractivity contribution in [1.82, 2.24) is 24.5 Å². The summed E-state index contributed by atoms with van der Waals surface area (Å²) in [5.74, 6) is -0.0108. The largest absolute Gasteiger partial charge is 0.336 e. The van der Waals surface area contributed by atoms with Crippen LogP contribution in [0.2, 0.25) is 0 Å². The maximum atomic E-state index is 12.6. The maximum absolute atomic E-state index is 12.6. The highest BCUT2D eigenvalue weighted by atomic mass is 16.2. The number of benzene rings is 1. The van der Waals surface area contributed by atoms with Crippen molar-refractivity contribution in [3.8, 4) is 0 Å². The van der Waals surface area contributed by atoms with Crippen LogP contribution < -0.4 is 0 Å². The normalized spacial score (nSPS) is 10.8. The van der Waals surface area contributed by atoms with E-state index in [0.717, 1.165) is 17.8 Å². The highest BCUT2D eigenvalue weighted by Gasteiger charge is 2.13. The molecule has 2 heterocycles. The molecule has 0 spiro atoms. The number of carbonyl (C=O) groups is 1. The average Bonchev–Trinajstić information content (AvgIpc) is 3.26. The molecular formula is C18H21N5O.